The summed E-state index contributed by atoms with van der Waals surface area (Å²) >= 11 is 9.74. The third kappa shape index (κ3) is 5.03. The van der Waals surface area contributed by atoms with Gasteiger partial charge in [-0.2, -0.15) is 0 Å². The molecule has 0 N–H and O–H groups in total. The molecule has 1 aromatic rings. The van der Waals surface area contributed by atoms with E-state index in [4.69, 9.17) is 11.6 Å². The van der Waals surface area contributed by atoms with Crippen LogP contribution in [0.15, 0.2) is 28.7 Å². The minimum absolute atomic E-state index is 0.359. The van der Waals surface area contributed by atoms with E-state index in [1.54, 1.807) is 0 Å². The molecule has 0 aliphatic carbocycles. The Kier molecular flexibility index (Phi) is 6.35. The first-order valence-corrected chi connectivity index (χ1v) is 6.84. The van der Waals surface area contributed by atoms with Gasteiger partial charge in [0.25, 0.3) is 0 Å². The second-order valence-corrected chi connectivity index (χ2v) is 5.34. The second kappa shape index (κ2) is 7.29. The van der Waals surface area contributed by atoms with E-state index >= 15 is 0 Å². The third-order valence-electron chi connectivity index (χ3n) is 2.52. The summed E-state index contributed by atoms with van der Waals surface area (Å²) in [5.41, 5.74) is 1.39. The van der Waals surface area contributed by atoms with Gasteiger partial charge < -0.3 is 0 Å². The summed E-state index contributed by atoms with van der Waals surface area (Å²) in [7, 11) is 0. The molecule has 15 heavy (non-hydrogen) atoms. The molecule has 0 spiro atoms. The lowest BCUT2D eigenvalue weighted by Gasteiger charge is -2.08. The van der Waals surface area contributed by atoms with Crippen LogP contribution in [0.2, 0.25) is 0 Å². The van der Waals surface area contributed by atoms with Gasteiger partial charge in [0.05, 0.1) is 0 Å². The molecular formula is C13H18BrCl. The van der Waals surface area contributed by atoms with Crippen LogP contribution in [0.4, 0.5) is 0 Å². The third-order valence-corrected chi connectivity index (χ3v) is 3.73. The lowest BCUT2D eigenvalue weighted by molar-refractivity contribution is 0.640. The Hall–Kier alpha value is -0.0100. The zero-order valence-corrected chi connectivity index (χ0v) is 11.5. The molecular weight excluding hydrogens is 272 g/mol. The Labute approximate surface area is 106 Å². The standard InChI is InChI=1S/C13H18BrCl/c1-2-6-12(15)9-5-8-11-7-3-4-10-13(11)14/h3-4,7,10,12H,2,5-6,8-9H2,1H3. The van der Waals surface area contributed by atoms with Gasteiger partial charge in [0, 0.05) is 9.85 Å². The van der Waals surface area contributed by atoms with Crippen LogP contribution in [-0.2, 0) is 6.42 Å². The molecule has 0 saturated heterocycles. The van der Waals surface area contributed by atoms with Crippen molar-refractivity contribution in [2.75, 3.05) is 0 Å². The Bertz CT molecular complexity index is 286. The number of benzene rings is 1. The monoisotopic (exact) mass is 288 g/mol. The van der Waals surface area contributed by atoms with Crippen LogP contribution in [0.25, 0.3) is 0 Å². The molecule has 0 aliphatic heterocycles. The smallest absolute Gasteiger partial charge is 0.0336 e. The van der Waals surface area contributed by atoms with E-state index in [9.17, 15) is 0 Å². The van der Waals surface area contributed by atoms with Gasteiger partial charge in [0.2, 0.25) is 0 Å². The fourth-order valence-corrected chi connectivity index (χ4v) is 2.53. The number of hydrogen-bond acceptors (Lipinski definition) is 0. The normalized spacial score (nSPS) is 12.7. The first kappa shape index (κ1) is 13.1. The van der Waals surface area contributed by atoms with Gasteiger partial charge in [-0.1, -0.05) is 47.5 Å². The molecule has 1 aromatic carbocycles. The summed E-state index contributed by atoms with van der Waals surface area (Å²) in [5, 5.41) is 0.359. The van der Waals surface area contributed by atoms with E-state index in [1.807, 2.05) is 0 Å². The maximum absolute atomic E-state index is 6.18. The highest BCUT2D eigenvalue weighted by molar-refractivity contribution is 9.10. The Morgan fingerprint density at radius 2 is 2.00 bits per heavy atom. The summed E-state index contributed by atoms with van der Waals surface area (Å²) in [6, 6.07) is 8.41. The average molecular weight is 290 g/mol. The molecule has 0 bridgehead atoms. The minimum Gasteiger partial charge on any atom is -0.123 e. The molecule has 84 valence electrons. The van der Waals surface area contributed by atoms with E-state index < -0.39 is 0 Å². The van der Waals surface area contributed by atoms with Gasteiger partial charge in [0.1, 0.15) is 0 Å². The Balaban J connectivity index is 2.29. The molecule has 0 heterocycles. The van der Waals surface area contributed by atoms with E-state index in [-0.39, 0.29) is 0 Å². The molecule has 1 atom stereocenters. The number of alkyl halides is 1. The summed E-state index contributed by atoms with van der Waals surface area (Å²) in [5.74, 6) is 0. The van der Waals surface area contributed by atoms with Crippen molar-refractivity contribution >= 4 is 27.5 Å². The van der Waals surface area contributed by atoms with Crippen LogP contribution < -0.4 is 0 Å². The summed E-state index contributed by atoms with van der Waals surface area (Å²) < 4.78 is 1.21. The molecule has 0 nitrogen and oxygen atoms in total. The largest absolute Gasteiger partial charge is 0.123 e. The van der Waals surface area contributed by atoms with Crippen LogP contribution in [-0.4, -0.2) is 5.38 Å². The summed E-state index contributed by atoms with van der Waals surface area (Å²) in [6.45, 7) is 2.18. The maximum atomic E-state index is 6.18. The lowest BCUT2D eigenvalue weighted by atomic mass is 10.1. The van der Waals surface area contributed by atoms with E-state index in [2.05, 4.69) is 47.1 Å². The highest BCUT2D eigenvalue weighted by atomic mass is 79.9. The van der Waals surface area contributed by atoms with Gasteiger partial charge in [0.15, 0.2) is 0 Å². The van der Waals surface area contributed by atoms with Crippen LogP contribution in [0.3, 0.4) is 0 Å². The van der Waals surface area contributed by atoms with Gasteiger partial charge in [-0.3, -0.25) is 0 Å². The predicted octanol–water partition coefficient (Wildman–Crippen LogP) is 5.18. The zero-order valence-electron chi connectivity index (χ0n) is 9.18. The van der Waals surface area contributed by atoms with Crippen LogP contribution in [0.1, 0.15) is 38.2 Å². The Morgan fingerprint density at radius 3 is 2.67 bits per heavy atom. The van der Waals surface area contributed by atoms with Crippen molar-refractivity contribution < 1.29 is 0 Å². The highest BCUT2D eigenvalue weighted by Gasteiger charge is 2.04. The molecule has 0 aliphatic rings. The number of hydrogen-bond donors (Lipinski definition) is 0. The average Bonchev–Trinajstić information content (AvgIpc) is 2.21. The first-order valence-electron chi connectivity index (χ1n) is 5.61. The highest BCUT2D eigenvalue weighted by Crippen LogP contribution is 2.20. The van der Waals surface area contributed by atoms with Crippen molar-refractivity contribution in [2.45, 2.75) is 44.4 Å². The summed E-state index contributed by atoms with van der Waals surface area (Å²) in [6.07, 6.45) is 5.74. The van der Waals surface area contributed by atoms with Gasteiger partial charge in [-0.05, 0) is 37.3 Å². The zero-order chi connectivity index (χ0) is 11.1. The van der Waals surface area contributed by atoms with Gasteiger partial charge in [-0.15, -0.1) is 11.6 Å². The van der Waals surface area contributed by atoms with Crippen molar-refractivity contribution in [2.24, 2.45) is 0 Å². The van der Waals surface area contributed by atoms with Crippen molar-refractivity contribution in [3.8, 4) is 0 Å². The molecule has 1 unspecified atom stereocenters. The van der Waals surface area contributed by atoms with E-state index in [0.29, 0.717) is 5.38 Å². The molecule has 0 aromatic heterocycles. The number of aryl methyl sites for hydroxylation is 1. The quantitative estimate of drug-likeness (QED) is 0.633. The maximum Gasteiger partial charge on any atom is 0.0336 e. The molecule has 1 rings (SSSR count). The fraction of sp³-hybridized carbons (Fsp3) is 0.538. The van der Waals surface area contributed by atoms with Gasteiger partial charge in [-0.25, -0.2) is 0 Å². The molecule has 0 fully saturated rings. The SMILES string of the molecule is CCCC(Cl)CCCc1ccccc1Br. The summed E-state index contributed by atoms with van der Waals surface area (Å²) in [4.78, 5) is 0. The van der Waals surface area contributed by atoms with Crippen LogP contribution in [0, 0.1) is 0 Å². The molecule has 0 saturated carbocycles. The van der Waals surface area contributed by atoms with Crippen molar-refractivity contribution in [1.82, 2.24) is 0 Å². The van der Waals surface area contributed by atoms with Crippen LogP contribution >= 0.6 is 27.5 Å². The predicted molar refractivity (Wildman–Crippen MR) is 71.6 cm³/mol. The van der Waals surface area contributed by atoms with E-state index in [1.165, 1.54) is 22.9 Å². The Morgan fingerprint density at radius 1 is 1.27 bits per heavy atom. The molecule has 0 radical (unpaired) electrons. The molecule has 2 heteroatoms. The lowest BCUT2D eigenvalue weighted by Crippen LogP contribution is -1.98. The number of halogens is 2. The van der Waals surface area contributed by atoms with E-state index in [0.717, 1.165) is 19.3 Å². The minimum atomic E-state index is 0.359. The number of rotatable bonds is 6. The van der Waals surface area contributed by atoms with Crippen molar-refractivity contribution in [3.05, 3.63) is 34.3 Å². The fourth-order valence-electron chi connectivity index (χ4n) is 1.67. The topological polar surface area (TPSA) is 0 Å². The molecule has 0 amide bonds. The van der Waals surface area contributed by atoms with Gasteiger partial charge >= 0.3 is 0 Å². The first-order chi connectivity index (χ1) is 7.24. The van der Waals surface area contributed by atoms with Crippen molar-refractivity contribution in [1.29, 1.82) is 0 Å². The van der Waals surface area contributed by atoms with Crippen LogP contribution in [0.5, 0.6) is 0 Å². The second-order valence-electron chi connectivity index (χ2n) is 3.87. The van der Waals surface area contributed by atoms with Crippen molar-refractivity contribution in [3.63, 3.8) is 0 Å².